The van der Waals surface area contributed by atoms with E-state index in [-0.39, 0.29) is 18.3 Å². The summed E-state index contributed by atoms with van der Waals surface area (Å²) < 4.78 is 12.3. The van der Waals surface area contributed by atoms with E-state index in [2.05, 4.69) is 32.6 Å². The van der Waals surface area contributed by atoms with Crippen LogP contribution in [0.4, 0.5) is 0 Å². The van der Waals surface area contributed by atoms with Gasteiger partial charge >= 0.3 is 7.12 Å². The van der Waals surface area contributed by atoms with Crippen molar-refractivity contribution in [3.05, 3.63) is 0 Å². The summed E-state index contributed by atoms with van der Waals surface area (Å²) >= 11 is 0. The Kier molecular flexibility index (Phi) is 3.04. The summed E-state index contributed by atoms with van der Waals surface area (Å²) in [4.78, 5) is 2.65. The van der Waals surface area contributed by atoms with Crippen molar-refractivity contribution in [1.29, 1.82) is 0 Å². The highest BCUT2D eigenvalue weighted by molar-refractivity contribution is 6.47. The zero-order valence-electron chi connectivity index (χ0n) is 12.2. The molecule has 102 valence electrons. The minimum Gasteiger partial charge on any atom is -0.403 e. The van der Waals surface area contributed by atoms with Gasteiger partial charge in [-0.1, -0.05) is 0 Å². The van der Waals surface area contributed by atoms with E-state index in [0.717, 1.165) is 6.04 Å². The molecule has 18 heavy (non-hydrogen) atoms. The monoisotopic (exact) mass is 251 g/mol. The number of rotatable bonds is 2. The molecule has 0 N–H and O–H groups in total. The van der Waals surface area contributed by atoms with Crippen LogP contribution in [0.25, 0.3) is 0 Å². The van der Waals surface area contributed by atoms with E-state index in [4.69, 9.17) is 9.31 Å². The van der Waals surface area contributed by atoms with Gasteiger partial charge in [-0.05, 0) is 72.3 Å². The Morgan fingerprint density at radius 3 is 1.83 bits per heavy atom. The maximum Gasteiger partial charge on any atom is 0.461 e. The maximum absolute atomic E-state index is 6.17. The first-order valence-corrected chi connectivity index (χ1v) is 7.49. The van der Waals surface area contributed by atoms with Crippen LogP contribution in [-0.4, -0.2) is 42.4 Å². The Hall–Kier alpha value is -0.0551. The van der Waals surface area contributed by atoms with E-state index in [9.17, 15) is 0 Å². The van der Waals surface area contributed by atoms with Gasteiger partial charge in [0.15, 0.2) is 0 Å². The molecule has 1 saturated carbocycles. The third kappa shape index (κ3) is 2.23. The lowest BCUT2D eigenvalue weighted by atomic mass is 9.67. The minimum atomic E-state index is -0.175. The second-order valence-electron chi connectivity index (χ2n) is 7.23. The molecule has 3 fully saturated rings. The maximum atomic E-state index is 6.17. The van der Waals surface area contributed by atoms with E-state index in [0.29, 0.717) is 5.82 Å². The van der Waals surface area contributed by atoms with Crippen molar-refractivity contribution in [2.45, 2.75) is 76.4 Å². The van der Waals surface area contributed by atoms with Crippen LogP contribution in [0.3, 0.4) is 0 Å². The molecule has 0 spiro atoms. The summed E-state index contributed by atoms with van der Waals surface area (Å²) in [5.74, 6) is 0.584. The molecule has 3 aliphatic rings. The van der Waals surface area contributed by atoms with Crippen LogP contribution in [0.15, 0.2) is 0 Å². The van der Waals surface area contributed by atoms with E-state index in [1.54, 1.807) is 0 Å². The SMILES string of the molecule is CC1(C)OB(C2CCN(C3CC3)CC2)OC1(C)C. The molecule has 2 aliphatic heterocycles. The van der Waals surface area contributed by atoms with Crippen molar-refractivity contribution >= 4 is 7.12 Å². The van der Waals surface area contributed by atoms with Crippen molar-refractivity contribution < 1.29 is 9.31 Å². The van der Waals surface area contributed by atoms with E-state index < -0.39 is 0 Å². The Morgan fingerprint density at radius 2 is 1.39 bits per heavy atom. The van der Waals surface area contributed by atoms with Gasteiger partial charge in [0.2, 0.25) is 0 Å². The molecule has 2 saturated heterocycles. The topological polar surface area (TPSA) is 21.7 Å². The van der Waals surface area contributed by atoms with E-state index in [1.807, 2.05) is 0 Å². The fourth-order valence-electron chi connectivity index (χ4n) is 3.08. The number of nitrogens with zero attached hydrogens (tertiary/aromatic N) is 1. The molecule has 0 atom stereocenters. The van der Waals surface area contributed by atoms with Gasteiger partial charge in [-0.2, -0.15) is 0 Å². The second-order valence-corrected chi connectivity index (χ2v) is 7.23. The predicted octanol–water partition coefficient (Wildman–Crippen LogP) is 2.71. The van der Waals surface area contributed by atoms with Crippen LogP contribution in [0.5, 0.6) is 0 Å². The van der Waals surface area contributed by atoms with Crippen LogP contribution < -0.4 is 0 Å². The van der Waals surface area contributed by atoms with Crippen LogP contribution in [0.2, 0.25) is 5.82 Å². The molecule has 0 amide bonds. The van der Waals surface area contributed by atoms with Crippen LogP contribution in [-0.2, 0) is 9.31 Å². The van der Waals surface area contributed by atoms with Crippen molar-refractivity contribution in [1.82, 2.24) is 4.90 Å². The summed E-state index contributed by atoms with van der Waals surface area (Å²) in [7, 11) is 0.0105. The zero-order chi connectivity index (χ0) is 13.0. The first-order chi connectivity index (χ1) is 8.39. The molecule has 0 bridgehead atoms. The zero-order valence-corrected chi connectivity index (χ0v) is 12.2. The molecule has 2 heterocycles. The Balaban J connectivity index is 1.57. The number of hydrogen-bond donors (Lipinski definition) is 0. The normalized spacial score (nSPS) is 33.0. The molecular formula is C14H26BNO2. The van der Waals surface area contributed by atoms with Crippen LogP contribution in [0.1, 0.15) is 53.4 Å². The minimum absolute atomic E-state index is 0.0105. The molecule has 0 aromatic heterocycles. The average molecular weight is 251 g/mol. The quantitative estimate of drug-likeness (QED) is 0.704. The lowest BCUT2D eigenvalue weighted by molar-refractivity contribution is 0.00578. The summed E-state index contributed by atoms with van der Waals surface area (Å²) in [5.41, 5.74) is -0.351. The number of piperidine rings is 1. The molecule has 1 aliphatic carbocycles. The standard InChI is InChI=1S/C14H26BNO2/c1-13(2)14(3,4)18-15(17-13)11-7-9-16(10-8-11)12-5-6-12/h11-12H,5-10H2,1-4H3. The van der Waals surface area contributed by atoms with Crippen molar-refractivity contribution in [2.24, 2.45) is 0 Å². The van der Waals surface area contributed by atoms with Crippen molar-refractivity contribution in [3.63, 3.8) is 0 Å². The predicted molar refractivity (Wildman–Crippen MR) is 73.7 cm³/mol. The first-order valence-electron chi connectivity index (χ1n) is 7.49. The highest BCUT2D eigenvalue weighted by Crippen LogP contribution is 2.43. The highest BCUT2D eigenvalue weighted by Gasteiger charge is 2.54. The Morgan fingerprint density at radius 1 is 0.889 bits per heavy atom. The summed E-state index contributed by atoms with van der Waals surface area (Å²) in [6.07, 6.45) is 5.29. The van der Waals surface area contributed by atoms with Gasteiger partial charge in [-0.25, -0.2) is 0 Å². The molecule has 3 nitrogen and oxygen atoms in total. The van der Waals surface area contributed by atoms with Gasteiger partial charge in [-0.3, -0.25) is 0 Å². The molecule has 3 rings (SSSR count). The molecule has 0 radical (unpaired) electrons. The third-order valence-electron chi connectivity index (χ3n) is 5.29. The second kappa shape index (κ2) is 4.22. The average Bonchev–Trinajstić information content (AvgIpc) is 3.08. The van der Waals surface area contributed by atoms with Gasteiger partial charge in [0, 0.05) is 6.04 Å². The molecule has 0 aromatic carbocycles. The molecule has 4 heteroatoms. The third-order valence-corrected chi connectivity index (χ3v) is 5.29. The smallest absolute Gasteiger partial charge is 0.403 e. The largest absolute Gasteiger partial charge is 0.461 e. The molecule has 0 aromatic rings. The summed E-state index contributed by atoms with van der Waals surface area (Å²) in [6.45, 7) is 11.1. The van der Waals surface area contributed by atoms with Gasteiger partial charge in [0.05, 0.1) is 11.2 Å². The number of hydrogen-bond acceptors (Lipinski definition) is 3. The van der Waals surface area contributed by atoms with E-state index in [1.165, 1.54) is 38.8 Å². The Labute approximate surface area is 111 Å². The highest BCUT2D eigenvalue weighted by atomic mass is 16.7. The lowest BCUT2D eigenvalue weighted by Crippen LogP contribution is -2.41. The van der Waals surface area contributed by atoms with Crippen LogP contribution in [0, 0.1) is 0 Å². The van der Waals surface area contributed by atoms with E-state index >= 15 is 0 Å². The summed E-state index contributed by atoms with van der Waals surface area (Å²) in [6, 6.07) is 0.907. The van der Waals surface area contributed by atoms with Gasteiger partial charge in [0.25, 0.3) is 0 Å². The fourth-order valence-corrected chi connectivity index (χ4v) is 3.08. The van der Waals surface area contributed by atoms with Crippen molar-refractivity contribution in [2.75, 3.05) is 13.1 Å². The fraction of sp³-hybridized carbons (Fsp3) is 1.00. The number of likely N-dealkylation sites (tertiary alicyclic amines) is 1. The summed E-state index contributed by atoms with van der Waals surface area (Å²) in [5, 5.41) is 0. The lowest BCUT2D eigenvalue weighted by Gasteiger charge is -2.32. The molecular weight excluding hydrogens is 225 g/mol. The molecule has 0 unspecified atom stereocenters. The van der Waals surface area contributed by atoms with Gasteiger partial charge in [-0.15, -0.1) is 0 Å². The Bertz CT molecular complexity index is 304. The van der Waals surface area contributed by atoms with Gasteiger partial charge in [0.1, 0.15) is 0 Å². The van der Waals surface area contributed by atoms with Crippen molar-refractivity contribution in [3.8, 4) is 0 Å². The first kappa shape index (κ1) is 13.0. The van der Waals surface area contributed by atoms with Crippen LogP contribution >= 0.6 is 0 Å². The van der Waals surface area contributed by atoms with Gasteiger partial charge < -0.3 is 14.2 Å².